The van der Waals surface area contributed by atoms with Gasteiger partial charge in [-0.3, -0.25) is 0 Å². The van der Waals surface area contributed by atoms with Crippen LogP contribution in [0.25, 0.3) is 9.65 Å². The Bertz CT molecular complexity index is 659. The van der Waals surface area contributed by atoms with Crippen LogP contribution in [0.5, 0.6) is 5.75 Å². The number of ether oxygens (including phenoxy) is 1. The second-order valence-electron chi connectivity index (χ2n) is 5.56. The summed E-state index contributed by atoms with van der Waals surface area (Å²) in [5, 5.41) is 1.15. The molecule has 0 radical (unpaired) electrons. The second-order valence-corrected chi connectivity index (χ2v) is 7.64. The number of nitrogens with zero attached hydrogens (tertiary/aromatic N) is 1. The van der Waals surface area contributed by atoms with E-state index < -0.39 is 0 Å². The molecule has 1 aromatic carbocycles. The topological polar surface area (TPSA) is 30.2 Å². The van der Waals surface area contributed by atoms with Gasteiger partial charge >= 0.3 is 125 Å². The average molecular weight is 337 g/mol. The van der Waals surface area contributed by atoms with Crippen LogP contribution in [0.2, 0.25) is 0 Å². The van der Waals surface area contributed by atoms with E-state index in [1.165, 1.54) is 36.4 Å². The molecule has 0 bridgehead atoms. The molecule has 3 nitrogen and oxygen atoms in total. The summed E-state index contributed by atoms with van der Waals surface area (Å²) in [6.45, 7) is 0.900. The van der Waals surface area contributed by atoms with Gasteiger partial charge in [0, 0.05) is 0 Å². The first-order chi connectivity index (χ1) is 9.76. The number of hydrogen-bond donors (Lipinski definition) is 0. The van der Waals surface area contributed by atoms with Crippen molar-refractivity contribution in [3.8, 4) is 5.75 Å². The molecule has 0 spiro atoms. The van der Waals surface area contributed by atoms with Crippen LogP contribution >= 0.6 is 0 Å². The van der Waals surface area contributed by atoms with Crippen molar-refractivity contribution >= 4 is 24.1 Å². The number of fused-ring (bicyclic) bond motifs is 1. The zero-order chi connectivity index (χ0) is 13.9. The Morgan fingerprint density at radius 3 is 2.85 bits per heavy atom. The fourth-order valence-corrected chi connectivity index (χ4v) is 4.67. The summed E-state index contributed by atoms with van der Waals surface area (Å²) in [6.07, 6.45) is 8.58. The van der Waals surface area contributed by atoms with E-state index in [2.05, 4.69) is 0 Å². The van der Waals surface area contributed by atoms with Crippen molar-refractivity contribution in [2.24, 2.45) is 5.92 Å². The number of aromatic nitrogens is 1. The van der Waals surface area contributed by atoms with E-state index in [0.29, 0.717) is 10.4 Å². The van der Waals surface area contributed by atoms with Crippen molar-refractivity contribution in [3.63, 3.8) is 0 Å². The third-order valence-electron chi connectivity index (χ3n) is 4.12. The summed E-state index contributed by atoms with van der Waals surface area (Å²) < 4.78 is 8.69. The predicted octanol–water partition coefficient (Wildman–Crippen LogP) is 2.13. The van der Waals surface area contributed by atoms with Crippen molar-refractivity contribution in [1.82, 2.24) is 0 Å². The van der Waals surface area contributed by atoms with Gasteiger partial charge in [0.25, 0.3) is 0 Å². The molecule has 0 aliphatic heterocycles. The van der Waals surface area contributed by atoms with Crippen molar-refractivity contribution < 1.29 is 9.30 Å². The summed E-state index contributed by atoms with van der Waals surface area (Å²) in [5.41, 5.74) is 0. The van der Waals surface area contributed by atoms with E-state index in [1.807, 2.05) is 29.0 Å². The fourth-order valence-electron chi connectivity index (χ4n) is 3.00. The molecule has 1 aliphatic rings. The van der Waals surface area contributed by atoms with E-state index in [0.717, 1.165) is 17.7 Å². The number of hydrogen-bond acceptors (Lipinski definition) is 2. The molecule has 0 amide bonds. The molecule has 0 atom stereocenters. The predicted molar refractivity (Wildman–Crippen MR) is 80.5 cm³/mol. The molecule has 2 aromatic rings. The molecule has 1 saturated carbocycles. The second kappa shape index (κ2) is 6.11. The fraction of sp³-hybridized carbons (Fsp3) is 0.500. The summed E-state index contributed by atoms with van der Waals surface area (Å²) in [4.78, 5) is 12.3. The Morgan fingerprint density at radius 2 is 2.10 bits per heavy atom. The monoisotopic (exact) mass is 338 g/mol. The summed E-state index contributed by atoms with van der Waals surface area (Å²) >= 11 is -0.0922. The third kappa shape index (κ3) is 2.97. The van der Waals surface area contributed by atoms with Gasteiger partial charge in [0.05, 0.1) is 0 Å². The summed E-state index contributed by atoms with van der Waals surface area (Å²) in [5.74, 6) is 1.55. The van der Waals surface area contributed by atoms with Gasteiger partial charge in [-0.15, -0.1) is 0 Å². The van der Waals surface area contributed by atoms with Gasteiger partial charge in [-0.25, -0.2) is 0 Å². The maximum absolute atomic E-state index is 12.3. The molecule has 0 unspecified atom stereocenters. The van der Waals surface area contributed by atoms with Crippen LogP contribution in [-0.4, -0.2) is 21.6 Å². The minimum atomic E-state index is -0.0922. The van der Waals surface area contributed by atoms with Crippen LogP contribution in [0.15, 0.2) is 29.2 Å². The zero-order valence-electron chi connectivity index (χ0n) is 11.8. The Hall–Kier alpha value is -1.12. The van der Waals surface area contributed by atoms with Crippen LogP contribution in [0.4, 0.5) is 0 Å². The van der Waals surface area contributed by atoms with Gasteiger partial charge in [0.1, 0.15) is 0 Å². The Balaban J connectivity index is 1.93. The molecular formula is C16H20NO2Se+. The normalized spacial score (nSPS) is 16.4. The molecule has 0 N–H and O–H groups in total. The first-order valence-electron chi connectivity index (χ1n) is 7.27. The molecule has 20 heavy (non-hydrogen) atoms. The molecule has 1 aromatic heterocycles. The Morgan fingerprint density at radius 1 is 1.30 bits per heavy atom. The van der Waals surface area contributed by atoms with Crippen molar-refractivity contribution in [2.45, 2.75) is 38.6 Å². The first-order valence-corrected chi connectivity index (χ1v) is 8.99. The van der Waals surface area contributed by atoms with Crippen molar-refractivity contribution in [2.75, 3.05) is 7.11 Å². The number of rotatable bonds is 3. The van der Waals surface area contributed by atoms with Crippen LogP contribution in [-0.2, 0) is 6.54 Å². The molecule has 1 fully saturated rings. The number of benzene rings is 1. The SMILES string of the molecule is COc1ccc2[se]c(=O)[n+](CC3CCCCC3)cc2c1. The minimum absolute atomic E-state index is 0.0922. The average Bonchev–Trinajstić information content (AvgIpc) is 2.48. The van der Waals surface area contributed by atoms with Crippen molar-refractivity contribution in [1.29, 1.82) is 0 Å². The van der Waals surface area contributed by atoms with Gasteiger partial charge < -0.3 is 0 Å². The molecule has 106 valence electrons. The summed E-state index contributed by atoms with van der Waals surface area (Å²) in [7, 11) is 1.68. The molecule has 3 rings (SSSR count). The van der Waals surface area contributed by atoms with E-state index in [-0.39, 0.29) is 14.5 Å². The quantitative estimate of drug-likeness (QED) is 0.635. The van der Waals surface area contributed by atoms with E-state index in [1.54, 1.807) is 7.11 Å². The van der Waals surface area contributed by atoms with Crippen LogP contribution < -0.4 is 13.7 Å². The van der Waals surface area contributed by atoms with Gasteiger partial charge in [-0.2, -0.15) is 0 Å². The molecule has 4 heteroatoms. The third-order valence-corrected chi connectivity index (χ3v) is 6.22. The first kappa shape index (κ1) is 13.8. The Labute approximate surface area is 124 Å². The molecule has 1 heterocycles. The van der Waals surface area contributed by atoms with Crippen molar-refractivity contribution in [3.05, 3.63) is 33.6 Å². The van der Waals surface area contributed by atoms with Crippen LogP contribution in [0, 0.1) is 5.92 Å². The number of methoxy groups -OCH3 is 1. The zero-order valence-corrected chi connectivity index (χ0v) is 13.5. The molecular weight excluding hydrogens is 317 g/mol. The van der Waals surface area contributed by atoms with E-state index >= 15 is 0 Å². The van der Waals surface area contributed by atoms with Gasteiger partial charge in [0.2, 0.25) is 0 Å². The standard InChI is InChI=1S/C16H20NO2Se/c1-19-14-7-8-15-13(9-14)11-17(16(18)20-15)10-12-5-3-2-4-6-12/h7-9,11-12H,2-6,10H2,1H3/q+1. The van der Waals surface area contributed by atoms with Crippen LogP contribution in [0.1, 0.15) is 32.1 Å². The molecule has 1 aliphatic carbocycles. The summed E-state index contributed by atoms with van der Waals surface area (Å²) in [6, 6.07) is 6.01. The van der Waals surface area contributed by atoms with Gasteiger partial charge in [-0.05, 0) is 0 Å². The van der Waals surface area contributed by atoms with E-state index in [9.17, 15) is 4.79 Å². The molecule has 0 saturated heterocycles. The van der Waals surface area contributed by atoms with Gasteiger partial charge in [0.15, 0.2) is 0 Å². The van der Waals surface area contributed by atoms with Crippen LogP contribution in [0.3, 0.4) is 0 Å². The van der Waals surface area contributed by atoms with Gasteiger partial charge in [-0.1, -0.05) is 0 Å². The Kier molecular flexibility index (Phi) is 4.23. The van der Waals surface area contributed by atoms with E-state index in [4.69, 9.17) is 4.74 Å². The maximum atomic E-state index is 12.3.